The van der Waals surface area contributed by atoms with Crippen LogP contribution in [0.15, 0.2) is 12.7 Å². The lowest BCUT2D eigenvalue weighted by Crippen LogP contribution is -2.38. The van der Waals surface area contributed by atoms with E-state index in [0.29, 0.717) is 12.3 Å². The number of hydrogen-bond acceptors (Lipinski definition) is 2. The largest absolute Gasteiger partial charge is 0.480 e. The zero-order chi connectivity index (χ0) is 14.5. The van der Waals surface area contributed by atoms with Crippen molar-refractivity contribution in [2.24, 2.45) is 5.92 Å². The Morgan fingerprint density at radius 2 is 1.74 bits per heavy atom. The van der Waals surface area contributed by atoms with Crippen LogP contribution in [0.1, 0.15) is 65.2 Å². The molecule has 112 valence electrons. The van der Waals surface area contributed by atoms with Crippen LogP contribution in [0.4, 0.5) is 0 Å². The Labute approximate surface area is 118 Å². The topological polar surface area (TPSA) is 49.3 Å². The quantitative estimate of drug-likeness (QED) is 0.392. The maximum absolute atomic E-state index is 11.0. The Hall–Kier alpha value is -0.830. The fourth-order valence-corrected chi connectivity index (χ4v) is 2.14. The summed E-state index contributed by atoms with van der Waals surface area (Å²) in [6.45, 7) is 8.64. The number of hydrogen-bond donors (Lipinski definition) is 2. The second kappa shape index (κ2) is 12.2. The first kappa shape index (κ1) is 18.2. The smallest absolute Gasteiger partial charge is 0.320 e. The number of carbonyl (C=O) groups is 1. The van der Waals surface area contributed by atoms with E-state index in [0.717, 1.165) is 19.4 Å². The molecular formula is C16H31NO2. The van der Waals surface area contributed by atoms with Gasteiger partial charge in [0.05, 0.1) is 0 Å². The van der Waals surface area contributed by atoms with Crippen molar-refractivity contribution in [3.63, 3.8) is 0 Å². The van der Waals surface area contributed by atoms with E-state index in [1.165, 1.54) is 32.1 Å². The van der Waals surface area contributed by atoms with E-state index in [-0.39, 0.29) is 6.04 Å². The lowest BCUT2D eigenvalue weighted by atomic mass is 10.0. The molecule has 0 aliphatic rings. The monoisotopic (exact) mass is 269 g/mol. The first-order chi connectivity index (χ1) is 9.07. The number of unbranched alkanes of at least 4 members (excludes halogenated alkanes) is 6. The fraction of sp³-hybridized carbons (Fsp3) is 0.812. The van der Waals surface area contributed by atoms with E-state index in [2.05, 4.69) is 25.7 Å². The van der Waals surface area contributed by atoms with Crippen LogP contribution in [0.5, 0.6) is 0 Å². The van der Waals surface area contributed by atoms with Gasteiger partial charge >= 0.3 is 5.97 Å². The van der Waals surface area contributed by atoms with Crippen molar-refractivity contribution in [3.8, 4) is 0 Å². The normalized spacial score (nSPS) is 12.6. The number of aliphatic carboxylic acids is 1. The molecule has 3 heteroatoms. The summed E-state index contributed by atoms with van der Waals surface area (Å²) >= 11 is 0. The number of nitrogens with one attached hydrogen (secondary N) is 1. The lowest BCUT2D eigenvalue weighted by molar-refractivity contribution is -0.139. The van der Waals surface area contributed by atoms with Crippen LogP contribution >= 0.6 is 0 Å². The first-order valence-corrected chi connectivity index (χ1v) is 7.65. The Morgan fingerprint density at radius 1 is 1.16 bits per heavy atom. The molecule has 0 aliphatic carbocycles. The second-order valence-electron chi connectivity index (χ2n) is 5.67. The molecule has 0 saturated heterocycles. The molecule has 2 N–H and O–H groups in total. The molecular weight excluding hydrogens is 238 g/mol. The van der Waals surface area contributed by atoms with Crippen molar-refractivity contribution in [1.29, 1.82) is 0 Å². The average molecular weight is 269 g/mol. The molecule has 3 nitrogen and oxygen atoms in total. The molecule has 0 bridgehead atoms. The van der Waals surface area contributed by atoms with Crippen molar-refractivity contribution in [3.05, 3.63) is 12.7 Å². The predicted molar refractivity (Wildman–Crippen MR) is 81.4 cm³/mol. The number of allylic oxidation sites excluding steroid dienone is 1. The van der Waals surface area contributed by atoms with Gasteiger partial charge in [-0.2, -0.15) is 0 Å². The zero-order valence-corrected chi connectivity index (χ0v) is 12.7. The molecule has 19 heavy (non-hydrogen) atoms. The number of rotatable bonds is 13. The van der Waals surface area contributed by atoms with Crippen molar-refractivity contribution >= 4 is 5.97 Å². The summed E-state index contributed by atoms with van der Waals surface area (Å²) in [5.41, 5.74) is 0. The summed E-state index contributed by atoms with van der Waals surface area (Å²) < 4.78 is 0. The van der Waals surface area contributed by atoms with Crippen LogP contribution in [-0.4, -0.2) is 23.7 Å². The van der Waals surface area contributed by atoms with Crippen molar-refractivity contribution in [2.75, 3.05) is 6.54 Å². The first-order valence-electron chi connectivity index (χ1n) is 7.65. The minimum Gasteiger partial charge on any atom is -0.480 e. The van der Waals surface area contributed by atoms with Gasteiger partial charge in [-0.15, -0.1) is 6.58 Å². The van der Waals surface area contributed by atoms with Crippen LogP contribution in [0, 0.1) is 5.92 Å². The maximum Gasteiger partial charge on any atom is 0.320 e. The van der Waals surface area contributed by atoms with Crippen molar-refractivity contribution in [1.82, 2.24) is 5.32 Å². The maximum atomic E-state index is 11.0. The Balaban J connectivity index is 3.45. The van der Waals surface area contributed by atoms with Gasteiger partial charge < -0.3 is 10.4 Å². The third kappa shape index (κ3) is 12.0. The summed E-state index contributed by atoms with van der Waals surface area (Å²) in [6.07, 6.45) is 11.1. The van der Waals surface area contributed by atoms with Crippen LogP contribution in [-0.2, 0) is 4.79 Å². The van der Waals surface area contributed by atoms with Gasteiger partial charge in [0, 0.05) is 0 Å². The van der Waals surface area contributed by atoms with E-state index in [1.54, 1.807) is 0 Å². The second-order valence-corrected chi connectivity index (χ2v) is 5.67. The highest BCUT2D eigenvalue weighted by atomic mass is 16.4. The molecule has 0 unspecified atom stereocenters. The SMILES string of the molecule is C=CCCCCCCCCN[C@@H](CC(C)C)C(=O)O. The molecule has 0 aliphatic heterocycles. The van der Waals surface area contributed by atoms with E-state index >= 15 is 0 Å². The van der Waals surface area contributed by atoms with E-state index in [1.807, 2.05) is 6.08 Å². The fourth-order valence-electron chi connectivity index (χ4n) is 2.14. The molecule has 0 radical (unpaired) electrons. The Morgan fingerprint density at radius 3 is 2.26 bits per heavy atom. The number of carboxylic acid groups (broad SMARTS) is 1. The summed E-state index contributed by atoms with van der Waals surface area (Å²) in [7, 11) is 0. The molecule has 0 spiro atoms. The molecule has 0 aromatic heterocycles. The van der Waals surface area contributed by atoms with E-state index < -0.39 is 5.97 Å². The molecule has 0 saturated carbocycles. The zero-order valence-electron chi connectivity index (χ0n) is 12.7. The molecule has 0 fully saturated rings. The van der Waals surface area contributed by atoms with Crippen molar-refractivity contribution in [2.45, 2.75) is 71.3 Å². The van der Waals surface area contributed by atoms with Crippen LogP contribution in [0.3, 0.4) is 0 Å². The van der Waals surface area contributed by atoms with Gasteiger partial charge in [0.1, 0.15) is 6.04 Å². The minimum absolute atomic E-state index is 0.382. The highest BCUT2D eigenvalue weighted by Gasteiger charge is 2.17. The minimum atomic E-state index is -0.724. The highest BCUT2D eigenvalue weighted by molar-refractivity contribution is 5.73. The third-order valence-electron chi connectivity index (χ3n) is 3.23. The van der Waals surface area contributed by atoms with Crippen molar-refractivity contribution < 1.29 is 9.90 Å². The van der Waals surface area contributed by atoms with Gasteiger partial charge in [0.25, 0.3) is 0 Å². The molecule has 0 aromatic rings. The molecule has 0 amide bonds. The Bertz CT molecular complexity index is 239. The average Bonchev–Trinajstić information content (AvgIpc) is 2.34. The van der Waals surface area contributed by atoms with E-state index in [4.69, 9.17) is 5.11 Å². The predicted octanol–water partition coefficient (Wildman–Crippen LogP) is 3.99. The molecule has 0 rings (SSSR count). The molecule has 1 atom stereocenters. The van der Waals surface area contributed by atoms with Crippen LogP contribution in [0.2, 0.25) is 0 Å². The van der Waals surface area contributed by atoms with Gasteiger partial charge in [0.15, 0.2) is 0 Å². The summed E-state index contributed by atoms with van der Waals surface area (Å²) in [6, 6.07) is -0.382. The standard InChI is InChI=1S/C16H31NO2/c1-4-5-6-7-8-9-10-11-12-17-15(16(18)19)13-14(2)3/h4,14-15,17H,1,5-13H2,2-3H3,(H,18,19)/t15-/m0/s1. The Kier molecular flexibility index (Phi) is 11.7. The third-order valence-corrected chi connectivity index (χ3v) is 3.23. The van der Waals surface area contributed by atoms with Gasteiger partial charge in [0.2, 0.25) is 0 Å². The lowest BCUT2D eigenvalue weighted by Gasteiger charge is -2.16. The van der Waals surface area contributed by atoms with Gasteiger partial charge in [-0.25, -0.2) is 0 Å². The van der Waals surface area contributed by atoms with Gasteiger partial charge in [-0.3, -0.25) is 4.79 Å². The van der Waals surface area contributed by atoms with E-state index in [9.17, 15) is 4.79 Å². The van der Waals surface area contributed by atoms with Crippen LogP contribution in [0.25, 0.3) is 0 Å². The van der Waals surface area contributed by atoms with Gasteiger partial charge in [-0.05, 0) is 38.1 Å². The molecule has 0 heterocycles. The summed E-state index contributed by atoms with van der Waals surface area (Å²) in [4.78, 5) is 11.0. The highest BCUT2D eigenvalue weighted by Crippen LogP contribution is 2.08. The van der Waals surface area contributed by atoms with Crippen LogP contribution < -0.4 is 5.32 Å². The van der Waals surface area contributed by atoms with Gasteiger partial charge in [-0.1, -0.05) is 45.6 Å². The summed E-state index contributed by atoms with van der Waals surface area (Å²) in [5, 5.41) is 12.2. The molecule has 0 aromatic carbocycles. The summed E-state index contributed by atoms with van der Waals surface area (Å²) in [5.74, 6) is -0.309. The number of carboxylic acids is 1.